The number of ether oxygens (including phenoxy) is 1. The van der Waals surface area contributed by atoms with E-state index in [1.54, 1.807) is 11.8 Å². The first-order valence-electron chi connectivity index (χ1n) is 18.6. The minimum atomic E-state index is -0.908. The maximum Gasteiger partial charge on any atom is 0.134 e. The molecule has 0 saturated heterocycles. The summed E-state index contributed by atoms with van der Waals surface area (Å²) in [5.41, 5.74) is 11.7. The number of anilines is 3. The number of pyridine rings is 2. The van der Waals surface area contributed by atoms with E-state index >= 15 is 0 Å². The van der Waals surface area contributed by atoms with E-state index in [-0.39, 0.29) is 0 Å². The summed E-state index contributed by atoms with van der Waals surface area (Å²) in [6.07, 6.45) is 3.82. The van der Waals surface area contributed by atoms with Gasteiger partial charge in [-0.25, -0.2) is 0 Å². The minimum Gasteiger partial charge on any atom is -0.457 e. The molecule has 0 bridgehead atoms. The number of nitrogens with zero attached hydrogens (tertiary/aromatic N) is 6. The molecule has 57 heavy (non-hydrogen) atoms. The quantitative estimate of drug-likeness (QED) is 0.174. The Labute approximate surface area is 331 Å². The van der Waals surface area contributed by atoms with Crippen LogP contribution in [0.1, 0.15) is 33.4 Å². The Morgan fingerprint density at radius 3 is 1.89 bits per heavy atom. The summed E-state index contributed by atoms with van der Waals surface area (Å²) in [5.74, 6) is 1.49. The first-order valence-corrected chi connectivity index (χ1v) is 19.4. The molecule has 1 aliphatic carbocycles. The highest BCUT2D eigenvalue weighted by Gasteiger charge is 2.54. The molecule has 264 valence electrons. The molecule has 1 unspecified atom stereocenters. The Bertz CT molecular complexity index is 3200. The van der Waals surface area contributed by atoms with Gasteiger partial charge in [-0.2, -0.15) is 10.5 Å². The van der Waals surface area contributed by atoms with Gasteiger partial charge in [0, 0.05) is 43.5 Å². The van der Waals surface area contributed by atoms with Crippen LogP contribution >= 0.6 is 11.8 Å². The molecule has 9 aromatic rings. The standard InChI is InChI=1S/C49H26N6OS/c50-26-29-18-20-37-32(23-29)33-24-30(27-51)19-21-38(33)55(37)41-13-7-15-43-46(41)49(34-9-1-4-14-42(34)56-43)35-10-8-22-52-47(35)48-36(49)25-31(28-53-48)54-39-11-2-5-16-44(39)57-45-17-6-3-12-40(45)54/h1-25,28H. The molecule has 0 radical (unpaired) electrons. The van der Waals surface area contributed by atoms with Crippen molar-refractivity contribution >= 4 is 50.6 Å². The molecule has 0 amide bonds. The molecule has 0 saturated carbocycles. The van der Waals surface area contributed by atoms with Gasteiger partial charge >= 0.3 is 0 Å². The normalized spacial score (nSPS) is 15.4. The SMILES string of the molecule is N#Cc1ccc2c(c1)c1cc(C#N)ccc1n2-c1cccc2c1C1(c3ccccc3O2)c2cccnc2-c2ncc(N3c4ccccc4Sc4ccccc43)cc21. The zero-order chi connectivity index (χ0) is 37.8. The third-order valence-corrected chi connectivity index (χ3v) is 12.7. The molecular formula is C49H26N6OS. The topological polar surface area (TPSA) is 90.8 Å². The van der Waals surface area contributed by atoms with Gasteiger partial charge in [0.05, 0.1) is 80.0 Å². The summed E-state index contributed by atoms with van der Waals surface area (Å²) < 4.78 is 9.17. The van der Waals surface area contributed by atoms with Crippen LogP contribution in [0.15, 0.2) is 168 Å². The number of para-hydroxylation sites is 3. The summed E-state index contributed by atoms with van der Waals surface area (Å²) in [6, 6.07) is 54.2. The fraction of sp³-hybridized carbons (Fsp3) is 0.0204. The maximum absolute atomic E-state index is 9.95. The number of aromatic nitrogens is 3. The highest BCUT2D eigenvalue weighted by molar-refractivity contribution is 7.99. The second-order valence-corrected chi connectivity index (χ2v) is 15.5. The van der Waals surface area contributed by atoms with Crippen LogP contribution in [0.25, 0.3) is 38.9 Å². The number of rotatable bonds is 2. The van der Waals surface area contributed by atoms with Crippen molar-refractivity contribution in [3.63, 3.8) is 0 Å². The first kappa shape index (κ1) is 31.7. The van der Waals surface area contributed by atoms with Gasteiger partial charge in [-0.1, -0.05) is 66.4 Å². The van der Waals surface area contributed by atoms with Crippen molar-refractivity contribution < 1.29 is 4.74 Å². The lowest BCUT2D eigenvalue weighted by atomic mass is 9.65. The molecule has 0 fully saturated rings. The molecule has 3 aromatic heterocycles. The van der Waals surface area contributed by atoms with E-state index in [0.29, 0.717) is 11.1 Å². The molecule has 1 atom stereocenters. The number of hydrogen-bond donors (Lipinski definition) is 0. The molecule has 8 heteroatoms. The van der Waals surface area contributed by atoms with Crippen molar-refractivity contribution in [2.45, 2.75) is 15.2 Å². The van der Waals surface area contributed by atoms with E-state index in [2.05, 4.69) is 100 Å². The first-order chi connectivity index (χ1) is 28.2. The Hall–Kier alpha value is -7.65. The molecule has 6 aromatic carbocycles. The van der Waals surface area contributed by atoms with Gasteiger partial charge < -0.3 is 14.2 Å². The zero-order valence-corrected chi connectivity index (χ0v) is 30.8. The van der Waals surface area contributed by atoms with E-state index in [1.807, 2.05) is 79.1 Å². The highest BCUT2D eigenvalue weighted by atomic mass is 32.2. The van der Waals surface area contributed by atoms with E-state index < -0.39 is 5.41 Å². The largest absolute Gasteiger partial charge is 0.457 e. The fourth-order valence-electron chi connectivity index (χ4n) is 9.34. The number of benzene rings is 6. The molecule has 5 heterocycles. The monoisotopic (exact) mass is 746 g/mol. The second-order valence-electron chi connectivity index (χ2n) is 14.4. The van der Waals surface area contributed by atoms with Gasteiger partial charge in [0.15, 0.2) is 0 Å². The third kappa shape index (κ3) is 4.20. The highest BCUT2D eigenvalue weighted by Crippen LogP contribution is 2.63. The summed E-state index contributed by atoms with van der Waals surface area (Å²) in [7, 11) is 0. The third-order valence-electron chi connectivity index (χ3n) is 11.6. The van der Waals surface area contributed by atoms with Crippen molar-refractivity contribution in [1.82, 2.24) is 14.5 Å². The van der Waals surface area contributed by atoms with Crippen LogP contribution in [0, 0.1) is 22.7 Å². The molecule has 12 rings (SSSR count). The minimum absolute atomic E-state index is 0.551. The Morgan fingerprint density at radius 1 is 0.561 bits per heavy atom. The molecule has 1 spiro atoms. The van der Waals surface area contributed by atoms with Gasteiger partial charge in [-0.15, -0.1) is 0 Å². The van der Waals surface area contributed by atoms with Crippen molar-refractivity contribution in [1.29, 1.82) is 10.5 Å². The van der Waals surface area contributed by atoms with E-state index in [9.17, 15) is 10.5 Å². The zero-order valence-electron chi connectivity index (χ0n) is 30.0. The lowest BCUT2D eigenvalue weighted by molar-refractivity contribution is 0.435. The maximum atomic E-state index is 9.95. The second kappa shape index (κ2) is 11.7. The van der Waals surface area contributed by atoms with Gasteiger partial charge in [0.1, 0.15) is 11.5 Å². The van der Waals surface area contributed by atoms with Crippen LogP contribution < -0.4 is 9.64 Å². The van der Waals surface area contributed by atoms with Crippen LogP contribution in [0.2, 0.25) is 0 Å². The van der Waals surface area contributed by atoms with E-state index in [0.717, 1.165) is 89.7 Å². The van der Waals surface area contributed by atoms with Crippen molar-refractivity contribution in [3.05, 3.63) is 191 Å². The fourth-order valence-corrected chi connectivity index (χ4v) is 10.4. The molecule has 7 nitrogen and oxygen atoms in total. The van der Waals surface area contributed by atoms with Crippen LogP contribution in [0.3, 0.4) is 0 Å². The van der Waals surface area contributed by atoms with Crippen molar-refractivity contribution in [3.8, 4) is 40.7 Å². The average Bonchev–Trinajstić information content (AvgIpc) is 3.74. The summed E-state index contributed by atoms with van der Waals surface area (Å²) >= 11 is 1.78. The Kier molecular flexibility index (Phi) is 6.49. The average molecular weight is 747 g/mol. The summed E-state index contributed by atoms with van der Waals surface area (Å²) in [5, 5.41) is 21.7. The van der Waals surface area contributed by atoms with Crippen LogP contribution in [0.5, 0.6) is 11.5 Å². The number of hydrogen-bond acceptors (Lipinski definition) is 7. The van der Waals surface area contributed by atoms with Crippen LogP contribution in [0.4, 0.5) is 17.1 Å². The lowest BCUT2D eigenvalue weighted by Gasteiger charge is -2.41. The van der Waals surface area contributed by atoms with Gasteiger partial charge in [-0.05, 0) is 96.6 Å². The van der Waals surface area contributed by atoms with Crippen LogP contribution in [-0.4, -0.2) is 14.5 Å². The number of nitriles is 2. The van der Waals surface area contributed by atoms with E-state index in [4.69, 9.17) is 14.7 Å². The smallest absolute Gasteiger partial charge is 0.134 e. The van der Waals surface area contributed by atoms with Crippen LogP contribution in [-0.2, 0) is 5.41 Å². The lowest BCUT2D eigenvalue weighted by Crippen LogP contribution is -2.34. The molecule has 0 N–H and O–H groups in total. The molecule has 2 aliphatic heterocycles. The van der Waals surface area contributed by atoms with Gasteiger partial charge in [0.25, 0.3) is 0 Å². The number of fused-ring (bicyclic) bond motifs is 14. The predicted octanol–water partition coefficient (Wildman–Crippen LogP) is 11.7. The summed E-state index contributed by atoms with van der Waals surface area (Å²) in [4.78, 5) is 15.0. The predicted molar refractivity (Wildman–Crippen MR) is 222 cm³/mol. The van der Waals surface area contributed by atoms with Gasteiger partial charge in [-0.3, -0.25) is 9.97 Å². The summed E-state index contributed by atoms with van der Waals surface area (Å²) in [6.45, 7) is 0. The van der Waals surface area contributed by atoms with Crippen molar-refractivity contribution in [2.24, 2.45) is 0 Å². The Morgan fingerprint density at radius 2 is 1.18 bits per heavy atom. The molecule has 3 aliphatic rings. The van der Waals surface area contributed by atoms with Gasteiger partial charge in [0.2, 0.25) is 0 Å². The molecular weight excluding hydrogens is 721 g/mol. The Balaban J connectivity index is 1.21. The van der Waals surface area contributed by atoms with E-state index in [1.165, 1.54) is 9.79 Å². The van der Waals surface area contributed by atoms with Crippen molar-refractivity contribution in [2.75, 3.05) is 4.90 Å².